The second-order valence-electron chi connectivity index (χ2n) is 5.38. The van der Waals surface area contributed by atoms with Gasteiger partial charge in [0.2, 0.25) is 5.91 Å². The van der Waals surface area contributed by atoms with Gasteiger partial charge in [-0.05, 0) is 26.0 Å². The lowest BCUT2D eigenvalue weighted by Gasteiger charge is -2.21. The van der Waals surface area contributed by atoms with Gasteiger partial charge in [-0.2, -0.15) is 0 Å². The van der Waals surface area contributed by atoms with Crippen LogP contribution in [0.5, 0.6) is 5.75 Å². The van der Waals surface area contributed by atoms with E-state index in [9.17, 15) is 9.59 Å². The van der Waals surface area contributed by atoms with Crippen molar-refractivity contribution < 1.29 is 14.3 Å². The third-order valence-electron chi connectivity index (χ3n) is 3.58. The van der Waals surface area contributed by atoms with Crippen molar-refractivity contribution in [3.05, 3.63) is 53.1 Å². The molecule has 0 saturated heterocycles. The van der Waals surface area contributed by atoms with Gasteiger partial charge in [0.25, 0.3) is 5.91 Å². The third-order valence-corrected chi connectivity index (χ3v) is 4.57. The van der Waals surface area contributed by atoms with E-state index in [4.69, 9.17) is 4.74 Å². The van der Waals surface area contributed by atoms with Gasteiger partial charge >= 0.3 is 0 Å². The molecule has 0 bridgehead atoms. The van der Waals surface area contributed by atoms with Crippen molar-refractivity contribution >= 4 is 28.3 Å². The molecule has 0 fully saturated rings. The van der Waals surface area contributed by atoms with Crippen molar-refractivity contribution in [3.63, 3.8) is 0 Å². The summed E-state index contributed by atoms with van der Waals surface area (Å²) in [6, 6.07) is 6.92. The molecule has 0 aliphatic rings. The van der Waals surface area contributed by atoms with Crippen molar-refractivity contribution in [2.75, 3.05) is 25.5 Å². The predicted molar refractivity (Wildman–Crippen MR) is 99.3 cm³/mol. The fraction of sp³-hybridized carbons (Fsp3) is 0.278. The number of para-hydroxylation sites is 1. The lowest BCUT2D eigenvalue weighted by Crippen LogP contribution is -2.38. The maximum Gasteiger partial charge on any atom is 0.258 e. The second kappa shape index (κ2) is 8.43. The van der Waals surface area contributed by atoms with Crippen LogP contribution in [-0.4, -0.2) is 41.9 Å². The highest BCUT2D eigenvalue weighted by Crippen LogP contribution is 2.22. The summed E-state index contributed by atoms with van der Waals surface area (Å²) in [5.74, 6) is -0.133. The molecule has 0 atom stereocenters. The summed E-state index contributed by atoms with van der Waals surface area (Å²) >= 11 is 1.41. The number of hydrogen-bond donors (Lipinski definition) is 1. The van der Waals surface area contributed by atoms with Gasteiger partial charge in [-0.15, -0.1) is 17.9 Å². The van der Waals surface area contributed by atoms with E-state index in [0.717, 1.165) is 10.6 Å². The molecule has 0 aliphatic heterocycles. The summed E-state index contributed by atoms with van der Waals surface area (Å²) in [4.78, 5) is 31.8. The topological polar surface area (TPSA) is 71.5 Å². The first kappa shape index (κ1) is 18.7. The Hall–Kier alpha value is -2.67. The Kier molecular flexibility index (Phi) is 6.30. The molecule has 7 heteroatoms. The first-order valence-corrected chi connectivity index (χ1v) is 8.55. The van der Waals surface area contributed by atoms with Gasteiger partial charge in [0.1, 0.15) is 12.3 Å². The number of rotatable bonds is 7. The number of benzene rings is 1. The number of methoxy groups -OCH3 is 1. The molecular weight excluding hydrogens is 338 g/mol. The van der Waals surface area contributed by atoms with Gasteiger partial charge in [-0.25, -0.2) is 4.98 Å². The molecule has 1 heterocycles. The van der Waals surface area contributed by atoms with Crippen LogP contribution in [0.3, 0.4) is 0 Å². The number of nitrogens with one attached hydrogen (secondary N) is 1. The molecule has 2 amide bonds. The number of aromatic nitrogens is 1. The van der Waals surface area contributed by atoms with Crippen molar-refractivity contribution in [1.29, 1.82) is 0 Å². The molecule has 0 unspecified atom stereocenters. The van der Waals surface area contributed by atoms with Crippen molar-refractivity contribution in [1.82, 2.24) is 9.88 Å². The summed E-state index contributed by atoms with van der Waals surface area (Å²) in [5, 5.41) is 3.27. The number of amides is 2. The van der Waals surface area contributed by atoms with Crippen LogP contribution in [0.1, 0.15) is 20.9 Å². The number of thiazole rings is 1. The van der Waals surface area contributed by atoms with Gasteiger partial charge < -0.3 is 15.0 Å². The van der Waals surface area contributed by atoms with E-state index in [1.54, 1.807) is 30.3 Å². The summed E-state index contributed by atoms with van der Waals surface area (Å²) in [5.41, 5.74) is 1.29. The maximum atomic E-state index is 12.8. The average Bonchev–Trinajstić information content (AvgIpc) is 2.91. The summed E-state index contributed by atoms with van der Waals surface area (Å²) < 4.78 is 5.23. The van der Waals surface area contributed by atoms with Gasteiger partial charge in [-0.3, -0.25) is 9.59 Å². The number of carbonyl (C=O) groups excluding carboxylic acids is 2. The number of ether oxygens (including phenoxy) is 1. The molecule has 6 nitrogen and oxygen atoms in total. The molecular formula is C18H21N3O3S. The number of carbonyl (C=O) groups is 2. The highest BCUT2D eigenvalue weighted by molar-refractivity contribution is 7.15. The van der Waals surface area contributed by atoms with Gasteiger partial charge in [0.15, 0.2) is 5.13 Å². The highest BCUT2D eigenvalue weighted by Gasteiger charge is 2.21. The Balaban J connectivity index is 2.12. The Morgan fingerprint density at radius 2 is 2.08 bits per heavy atom. The minimum Gasteiger partial charge on any atom is -0.496 e. The van der Waals surface area contributed by atoms with E-state index in [1.165, 1.54) is 23.3 Å². The number of anilines is 1. The van der Waals surface area contributed by atoms with Crippen LogP contribution >= 0.6 is 11.3 Å². The number of aryl methyl sites for hydroxylation is 2. The maximum absolute atomic E-state index is 12.8. The number of hydrogen-bond acceptors (Lipinski definition) is 5. The first-order chi connectivity index (χ1) is 12.0. The van der Waals surface area contributed by atoms with E-state index in [0.29, 0.717) is 16.4 Å². The molecule has 0 saturated carbocycles. The molecule has 25 heavy (non-hydrogen) atoms. The molecule has 0 radical (unpaired) electrons. The zero-order valence-corrected chi connectivity index (χ0v) is 15.4. The van der Waals surface area contributed by atoms with Gasteiger partial charge in [0.05, 0.1) is 18.4 Å². The average molecular weight is 359 g/mol. The summed E-state index contributed by atoms with van der Waals surface area (Å²) in [7, 11) is 1.50. The molecule has 1 aromatic heterocycles. The van der Waals surface area contributed by atoms with Crippen molar-refractivity contribution in [3.8, 4) is 5.75 Å². The fourth-order valence-electron chi connectivity index (χ4n) is 2.23. The van der Waals surface area contributed by atoms with E-state index in [1.807, 2.05) is 13.8 Å². The SMILES string of the molecule is C=CCN(CC(=O)Nc1nc(C)c(C)s1)C(=O)c1ccccc1OC. The highest BCUT2D eigenvalue weighted by atomic mass is 32.1. The zero-order chi connectivity index (χ0) is 18.4. The lowest BCUT2D eigenvalue weighted by atomic mass is 10.1. The lowest BCUT2D eigenvalue weighted by molar-refractivity contribution is -0.116. The Morgan fingerprint density at radius 1 is 1.36 bits per heavy atom. The smallest absolute Gasteiger partial charge is 0.258 e. The molecule has 2 aromatic rings. The Bertz CT molecular complexity index is 766. The summed E-state index contributed by atoms with van der Waals surface area (Å²) in [6.45, 7) is 7.64. The quantitative estimate of drug-likeness (QED) is 0.772. The van der Waals surface area contributed by atoms with Crippen LogP contribution in [0.2, 0.25) is 0 Å². The standard InChI is InChI=1S/C18H21N3O3S/c1-5-10-21(17(23)14-8-6-7-9-15(14)24-4)11-16(22)20-18-19-12(2)13(3)25-18/h5-9H,1,10-11H2,2-4H3,(H,19,20,22). The van der Waals surface area contributed by atoms with Crippen LogP contribution in [0, 0.1) is 13.8 Å². The molecule has 1 aromatic carbocycles. The number of nitrogens with zero attached hydrogens (tertiary/aromatic N) is 2. The fourth-order valence-corrected chi connectivity index (χ4v) is 3.06. The molecule has 1 N–H and O–H groups in total. The van der Waals surface area contributed by atoms with E-state index < -0.39 is 0 Å². The van der Waals surface area contributed by atoms with E-state index in [-0.39, 0.29) is 24.9 Å². The van der Waals surface area contributed by atoms with Crippen LogP contribution < -0.4 is 10.1 Å². The molecule has 0 aliphatic carbocycles. The minimum atomic E-state index is -0.307. The molecule has 132 valence electrons. The van der Waals surface area contributed by atoms with Gasteiger partial charge in [-0.1, -0.05) is 18.2 Å². The molecule has 2 rings (SSSR count). The van der Waals surface area contributed by atoms with Crippen LogP contribution in [0.15, 0.2) is 36.9 Å². The van der Waals surface area contributed by atoms with Crippen molar-refractivity contribution in [2.24, 2.45) is 0 Å². The normalized spacial score (nSPS) is 10.2. The molecule has 0 spiro atoms. The Labute approximate surface area is 151 Å². The largest absolute Gasteiger partial charge is 0.496 e. The summed E-state index contributed by atoms with van der Waals surface area (Å²) in [6.07, 6.45) is 1.58. The van der Waals surface area contributed by atoms with Crippen LogP contribution in [0.25, 0.3) is 0 Å². The van der Waals surface area contributed by atoms with Crippen LogP contribution in [0.4, 0.5) is 5.13 Å². The first-order valence-electron chi connectivity index (χ1n) is 7.73. The third kappa shape index (κ3) is 4.67. The second-order valence-corrected chi connectivity index (χ2v) is 6.59. The zero-order valence-electron chi connectivity index (χ0n) is 14.5. The van der Waals surface area contributed by atoms with Gasteiger partial charge in [0, 0.05) is 11.4 Å². The van der Waals surface area contributed by atoms with E-state index >= 15 is 0 Å². The monoisotopic (exact) mass is 359 g/mol. The van der Waals surface area contributed by atoms with Crippen molar-refractivity contribution in [2.45, 2.75) is 13.8 Å². The minimum absolute atomic E-state index is 0.0966. The van der Waals surface area contributed by atoms with Crippen LogP contribution in [-0.2, 0) is 4.79 Å². The Morgan fingerprint density at radius 3 is 2.68 bits per heavy atom. The predicted octanol–water partition coefficient (Wildman–Crippen LogP) is 3.04. The van der Waals surface area contributed by atoms with E-state index in [2.05, 4.69) is 16.9 Å².